The molecule has 0 aliphatic heterocycles. The summed E-state index contributed by atoms with van der Waals surface area (Å²) in [5.41, 5.74) is 0.320. The maximum atomic E-state index is 13.6. The van der Waals surface area contributed by atoms with Gasteiger partial charge in [-0.15, -0.1) is 0 Å². The van der Waals surface area contributed by atoms with Crippen molar-refractivity contribution >= 4 is 17.7 Å². The van der Waals surface area contributed by atoms with Crippen LogP contribution in [0.5, 0.6) is 0 Å². The van der Waals surface area contributed by atoms with Crippen molar-refractivity contribution in [3.8, 4) is 0 Å². The Kier molecular flexibility index (Phi) is 5.59. The molecule has 0 aliphatic carbocycles. The van der Waals surface area contributed by atoms with E-state index >= 15 is 0 Å². The number of thioether (sulfide) groups is 1. The molecule has 0 aliphatic rings. The van der Waals surface area contributed by atoms with Crippen LogP contribution in [0.25, 0.3) is 0 Å². The zero-order valence-electron chi connectivity index (χ0n) is 10.7. The Hall–Kier alpha value is -1.10. The molecular weight excluding hydrogens is 256 g/mol. The van der Waals surface area contributed by atoms with Gasteiger partial charge in [0.25, 0.3) is 0 Å². The molecule has 2 atom stereocenters. The van der Waals surface area contributed by atoms with Crippen LogP contribution in [0.2, 0.25) is 0 Å². The van der Waals surface area contributed by atoms with Gasteiger partial charge in [-0.05, 0) is 25.7 Å². The Balaban J connectivity index is 2.86. The third-order valence-corrected chi connectivity index (χ3v) is 3.71. The summed E-state index contributed by atoms with van der Waals surface area (Å²) in [6.07, 6.45) is 2.39. The molecule has 0 fully saturated rings. The first-order valence-electron chi connectivity index (χ1n) is 5.77. The first-order valence-corrected chi connectivity index (χ1v) is 7.06. The second-order valence-corrected chi connectivity index (χ2v) is 5.19. The Morgan fingerprint density at radius 3 is 2.61 bits per heavy atom. The largest absolute Gasteiger partial charge is 0.348 e. The normalized spacial score (nSPS) is 14.1. The van der Waals surface area contributed by atoms with Crippen molar-refractivity contribution in [3.63, 3.8) is 0 Å². The number of hydrogen-bond acceptors (Lipinski definition) is 2. The van der Waals surface area contributed by atoms with Crippen molar-refractivity contribution < 1.29 is 13.6 Å². The predicted molar refractivity (Wildman–Crippen MR) is 70.5 cm³/mol. The van der Waals surface area contributed by atoms with E-state index in [0.29, 0.717) is 12.0 Å². The third kappa shape index (κ3) is 3.70. The van der Waals surface area contributed by atoms with Gasteiger partial charge in [-0.25, -0.2) is 8.78 Å². The highest BCUT2D eigenvalue weighted by molar-refractivity contribution is 7.99. The Morgan fingerprint density at radius 2 is 2.11 bits per heavy atom. The number of carbonyl (C=O) groups is 1. The summed E-state index contributed by atoms with van der Waals surface area (Å²) in [5.74, 6) is -1.38. The average molecular weight is 273 g/mol. The maximum absolute atomic E-state index is 13.6. The molecule has 0 saturated heterocycles. The molecule has 2 nitrogen and oxygen atoms in total. The lowest BCUT2D eigenvalue weighted by atomic mass is 10.0. The van der Waals surface area contributed by atoms with Gasteiger partial charge >= 0.3 is 0 Å². The second-order valence-electron chi connectivity index (χ2n) is 4.01. The quantitative estimate of drug-likeness (QED) is 0.892. The van der Waals surface area contributed by atoms with Crippen LogP contribution in [0.1, 0.15) is 31.9 Å². The van der Waals surface area contributed by atoms with E-state index in [1.807, 2.05) is 13.2 Å². The summed E-state index contributed by atoms with van der Waals surface area (Å²) in [5, 5.41) is 2.58. The van der Waals surface area contributed by atoms with Gasteiger partial charge < -0.3 is 5.32 Å². The van der Waals surface area contributed by atoms with Crippen LogP contribution in [0, 0.1) is 11.6 Å². The molecule has 0 bridgehead atoms. The lowest BCUT2D eigenvalue weighted by Crippen LogP contribution is -2.34. The predicted octanol–water partition coefficient (Wildman–Crippen LogP) is 3.28. The number of benzene rings is 1. The molecule has 0 aromatic heterocycles. The number of amides is 1. The van der Waals surface area contributed by atoms with E-state index in [1.54, 1.807) is 6.92 Å². The van der Waals surface area contributed by atoms with Gasteiger partial charge in [0.2, 0.25) is 5.91 Å². The molecule has 0 spiro atoms. The Labute approximate surface area is 110 Å². The van der Waals surface area contributed by atoms with E-state index in [-0.39, 0.29) is 11.2 Å². The summed E-state index contributed by atoms with van der Waals surface area (Å²) in [6.45, 7) is 3.63. The lowest BCUT2D eigenvalue weighted by Gasteiger charge is -2.20. The SMILES string of the molecule is CC[C@@H](NC(=O)[C@H](C)SC)c1ccc(F)cc1F. The van der Waals surface area contributed by atoms with E-state index in [0.717, 1.165) is 6.07 Å². The van der Waals surface area contributed by atoms with Gasteiger partial charge in [-0.1, -0.05) is 13.0 Å². The molecule has 1 rings (SSSR count). The molecule has 0 radical (unpaired) electrons. The van der Waals surface area contributed by atoms with Crippen LogP contribution in [-0.4, -0.2) is 17.4 Å². The fraction of sp³-hybridized carbons (Fsp3) is 0.462. The summed E-state index contributed by atoms with van der Waals surface area (Å²) >= 11 is 1.42. The van der Waals surface area contributed by atoms with Crippen LogP contribution in [0.3, 0.4) is 0 Å². The number of nitrogens with one attached hydrogen (secondary N) is 1. The molecule has 0 saturated carbocycles. The van der Waals surface area contributed by atoms with Crippen LogP contribution >= 0.6 is 11.8 Å². The van der Waals surface area contributed by atoms with Gasteiger partial charge in [-0.2, -0.15) is 11.8 Å². The van der Waals surface area contributed by atoms with Crippen molar-refractivity contribution in [2.75, 3.05) is 6.26 Å². The first-order chi connectivity index (χ1) is 8.49. The van der Waals surface area contributed by atoms with Crippen molar-refractivity contribution in [1.29, 1.82) is 0 Å². The molecular formula is C13H17F2NOS. The highest BCUT2D eigenvalue weighted by Crippen LogP contribution is 2.21. The average Bonchev–Trinajstić information content (AvgIpc) is 2.35. The van der Waals surface area contributed by atoms with Crippen molar-refractivity contribution in [3.05, 3.63) is 35.4 Å². The Morgan fingerprint density at radius 1 is 1.44 bits per heavy atom. The minimum absolute atomic E-state index is 0.141. The molecule has 0 heterocycles. The van der Waals surface area contributed by atoms with Crippen LogP contribution in [0.4, 0.5) is 8.78 Å². The van der Waals surface area contributed by atoms with E-state index in [2.05, 4.69) is 5.32 Å². The molecule has 1 N–H and O–H groups in total. The van der Waals surface area contributed by atoms with Gasteiger partial charge in [-0.3, -0.25) is 4.79 Å². The first kappa shape index (κ1) is 15.0. The highest BCUT2D eigenvalue weighted by Gasteiger charge is 2.19. The second kappa shape index (κ2) is 6.73. The fourth-order valence-electron chi connectivity index (χ4n) is 1.58. The van der Waals surface area contributed by atoms with Gasteiger partial charge in [0.15, 0.2) is 0 Å². The van der Waals surface area contributed by atoms with Crippen molar-refractivity contribution in [2.45, 2.75) is 31.6 Å². The van der Waals surface area contributed by atoms with Gasteiger partial charge in [0.1, 0.15) is 11.6 Å². The van der Waals surface area contributed by atoms with Crippen molar-refractivity contribution in [1.82, 2.24) is 5.32 Å². The van der Waals surface area contributed by atoms with Crippen LogP contribution < -0.4 is 5.32 Å². The maximum Gasteiger partial charge on any atom is 0.233 e. The molecule has 18 heavy (non-hydrogen) atoms. The summed E-state index contributed by atoms with van der Waals surface area (Å²) in [6, 6.07) is 2.99. The molecule has 1 amide bonds. The minimum Gasteiger partial charge on any atom is -0.348 e. The summed E-state index contributed by atoms with van der Waals surface area (Å²) in [4.78, 5) is 11.8. The smallest absolute Gasteiger partial charge is 0.233 e. The minimum atomic E-state index is -0.626. The molecule has 100 valence electrons. The number of rotatable bonds is 5. The molecule has 1 aromatic rings. The fourth-order valence-corrected chi connectivity index (χ4v) is 1.86. The Bertz CT molecular complexity index is 425. The van der Waals surface area contributed by atoms with E-state index in [1.165, 1.54) is 23.9 Å². The highest BCUT2D eigenvalue weighted by atomic mass is 32.2. The molecule has 0 unspecified atom stereocenters. The zero-order chi connectivity index (χ0) is 13.7. The number of halogens is 2. The zero-order valence-corrected chi connectivity index (χ0v) is 11.5. The lowest BCUT2D eigenvalue weighted by molar-refractivity contribution is -0.121. The monoisotopic (exact) mass is 273 g/mol. The topological polar surface area (TPSA) is 29.1 Å². The summed E-state index contributed by atoms with van der Waals surface area (Å²) < 4.78 is 26.5. The van der Waals surface area contributed by atoms with E-state index < -0.39 is 17.7 Å². The third-order valence-electron chi connectivity index (χ3n) is 2.79. The van der Waals surface area contributed by atoms with Crippen LogP contribution in [-0.2, 0) is 4.79 Å². The van der Waals surface area contributed by atoms with Crippen LogP contribution in [0.15, 0.2) is 18.2 Å². The standard InChI is InChI=1S/C13H17F2NOS/c1-4-12(16-13(17)8(2)18-3)10-6-5-9(14)7-11(10)15/h5-8,12H,4H2,1-3H3,(H,16,17)/t8-,12+/m0/s1. The van der Waals surface area contributed by atoms with Gasteiger partial charge in [0, 0.05) is 11.6 Å². The van der Waals surface area contributed by atoms with Crippen molar-refractivity contribution in [2.24, 2.45) is 0 Å². The molecule has 1 aromatic carbocycles. The summed E-state index contributed by atoms with van der Waals surface area (Å²) in [7, 11) is 0. The van der Waals surface area contributed by atoms with E-state index in [4.69, 9.17) is 0 Å². The number of hydrogen-bond donors (Lipinski definition) is 1. The van der Waals surface area contributed by atoms with Gasteiger partial charge in [0.05, 0.1) is 11.3 Å². The molecule has 5 heteroatoms. The van der Waals surface area contributed by atoms with E-state index in [9.17, 15) is 13.6 Å². The number of carbonyl (C=O) groups excluding carboxylic acids is 1.